The van der Waals surface area contributed by atoms with Crippen molar-refractivity contribution in [3.05, 3.63) is 66.6 Å². The highest BCUT2D eigenvalue weighted by Gasteiger charge is 2.06. The summed E-state index contributed by atoms with van der Waals surface area (Å²) in [6.45, 7) is 0.546. The fourth-order valence-electron chi connectivity index (χ4n) is 1.97. The third-order valence-corrected chi connectivity index (χ3v) is 3.08. The first-order valence-electron chi connectivity index (χ1n) is 6.79. The number of ether oxygens (including phenoxy) is 1. The molecule has 4 heteroatoms. The molecule has 1 aromatic heterocycles. The maximum absolute atomic E-state index is 5.64. The van der Waals surface area contributed by atoms with E-state index in [1.165, 1.54) is 0 Å². The van der Waals surface area contributed by atoms with Gasteiger partial charge in [-0.1, -0.05) is 18.2 Å². The van der Waals surface area contributed by atoms with E-state index in [1.54, 1.807) is 6.26 Å². The lowest BCUT2D eigenvalue weighted by atomic mass is 10.2. The Morgan fingerprint density at radius 2 is 1.76 bits per heavy atom. The topological polar surface area (TPSA) is 61.3 Å². The molecule has 2 N–H and O–H groups in total. The van der Waals surface area contributed by atoms with Crippen LogP contribution in [0.4, 0.5) is 5.69 Å². The smallest absolute Gasteiger partial charge is 0.226 e. The van der Waals surface area contributed by atoms with Crippen molar-refractivity contribution < 1.29 is 9.15 Å². The van der Waals surface area contributed by atoms with Crippen molar-refractivity contribution in [3.8, 4) is 17.2 Å². The van der Waals surface area contributed by atoms with E-state index in [4.69, 9.17) is 14.9 Å². The Kier molecular flexibility index (Phi) is 3.87. The summed E-state index contributed by atoms with van der Waals surface area (Å²) in [4.78, 5) is 4.46. The molecule has 0 radical (unpaired) electrons. The number of hydrogen-bond acceptors (Lipinski definition) is 4. The molecule has 3 rings (SSSR count). The Morgan fingerprint density at radius 3 is 2.52 bits per heavy atom. The molecular formula is C17H16N2O2. The highest BCUT2D eigenvalue weighted by molar-refractivity contribution is 5.52. The third-order valence-electron chi connectivity index (χ3n) is 3.08. The monoisotopic (exact) mass is 280 g/mol. The summed E-state index contributed by atoms with van der Waals surface area (Å²) in [6, 6.07) is 17.2. The van der Waals surface area contributed by atoms with Gasteiger partial charge < -0.3 is 14.9 Å². The van der Waals surface area contributed by atoms with Gasteiger partial charge in [0.15, 0.2) is 0 Å². The van der Waals surface area contributed by atoms with Crippen molar-refractivity contribution in [1.82, 2.24) is 4.98 Å². The first kappa shape index (κ1) is 13.2. The SMILES string of the molecule is Nc1ccc(OCCc2coc(-c3ccccc3)n2)cc1. The van der Waals surface area contributed by atoms with Gasteiger partial charge in [0, 0.05) is 17.7 Å². The lowest BCUT2D eigenvalue weighted by Crippen LogP contribution is -2.01. The summed E-state index contributed by atoms with van der Waals surface area (Å²) < 4.78 is 11.1. The molecule has 1 heterocycles. The van der Waals surface area contributed by atoms with Crippen LogP contribution in [0.2, 0.25) is 0 Å². The van der Waals surface area contributed by atoms with Crippen LogP contribution in [0.1, 0.15) is 5.69 Å². The van der Waals surface area contributed by atoms with E-state index < -0.39 is 0 Å². The van der Waals surface area contributed by atoms with E-state index in [-0.39, 0.29) is 0 Å². The van der Waals surface area contributed by atoms with Crippen molar-refractivity contribution in [2.45, 2.75) is 6.42 Å². The number of benzene rings is 2. The second-order valence-electron chi connectivity index (χ2n) is 4.68. The number of nitrogen functional groups attached to an aromatic ring is 1. The maximum atomic E-state index is 5.64. The fraction of sp³-hybridized carbons (Fsp3) is 0.118. The minimum absolute atomic E-state index is 0.546. The molecule has 2 aromatic carbocycles. The van der Waals surface area contributed by atoms with E-state index in [2.05, 4.69) is 4.98 Å². The predicted molar refractivity (Wildman–Crippen MR) is 82.0 cm³/mol. The molecule has 0 bridgehead atoms. The maximum Gasteiger partial charge on any atom is 0.226 e. The molecule has 0 saturated heterocycles. The zero-order valence-electron chi connectivity index (χ0n) is 11.5. The van der Waals surface area contributed by atoms with Crippen molar-refractivity contribution in [1.29, 1.82) is 0 Å². The Balaban J connectivity index is 1.57. The van der Waals surface area contributed by atoms with Crippen molar-refractivity contribution in [3.63, 3.8) is 0 Å². The van der Waals surface area contributed by atoms with Gasteiger partial charge in [0.25, 0.3) is 0 Å². The highest BCUT2D eigenvalue weighted by Crippen LogP contribution is 2.18. The van der Waals surface area contributed by atoms with Gasteiger partial charge in [0.1, 0.15) is 12.0 Å². The van der Waals surface area contributed by atoms with Crippen LogP contribution in [0.15, 0.2) is 65.3 Å². The summed E-state index contributed by atoms with van der Waals surface area (Å²) in [5, 5.41) is 0. The van der Waals surface area contributed by atoms with Gasteiger partial charge >= 0.3 is 0 Å². The molecule has 0 aliphatic carbocycles. The van der Waals surface area contributed by atoms with Gasteiger partial charge in [-0.2, -0.15) is 0 Å². The lowest BCUT2D eigenvalue weighted by molar-refractivity contribution is 0.320. The van der Waals surface area contributed by atoms with Gasteiger partial charge in [0.2, 0.25) is 5.89 Å². The molecule has 3 aromatic rings. The summed E-state index contributed by atoms with van der Waals surface area (Å²) in [6.07, 6.45) is 2.37. The Labute approximate surface area is 123 Å². The summed E-state index contributed by atoms with van der Waals surface area (Å²) >= 11 is 0. The number of nitrogens with two attached hydrogens (primary N) is 1. The summed E-state index contributed by atoms with van der Waals surface area (Å²) in [7, 11) is 0. The molecule has 0 saturated carbocycles. The number of oxazole rings is 1. The molecule has 4 nitrogen and oxygen atoms in total. The van der Waals surface area contributed by atoms with E-state index in [0.29, 0.717) is 18.9 Å². The summed E-state index contributed by atoms with van der Waals surface area (Å²) in [5.41, 5.74) is 8.21. The van der Waals surface area contributed by atoms with Crippen molar-refractivity contribution in [2.75, 3.05) is 12.3 Å². The predicted octanol–water partition coefficient (Wildman–Crippen LogP) is 3.55. The van der Waals surface area contributed by atoms with Gasteiger partial charge in [-0.05, 0) is 36.4 Å². The van der Waals surface area contributed by atoms with Gasteiger partial charge in [0.05, 0.1) is 12.3 Å². The number of rotatable bonds is 5. The van der Waals surface area contributed by atoms with Crippen LogP contribution in [-0.4, -0.2) is 11.6 Å². The van der Waals surface area contributed by atoms with Crippen LogP contribution in [0, 0.1) is 0 Å². The largest absolute Gasteiger partial charge is 0.493 e. The average Bonchev–Trinajstić information content (AvgIpc) is 2.99. The Bertz CT molecular complexity index is 690. The normalized spacial score (nSPS) is 10.5. The quantitative estimate of drug-likeness (QED) is 0.726. The standard InChI is InChI=1S/C17H16N2O2/c18-14-6-8-16(9-7-14)20-11-10-15-12-21-17(19-15)13-4-2-1-3-5-13/h1-9,12H,10-11,18H2. The first-order valence-corrected chi connectivity index (χ1v) is 6.79. The fourth-order valence-corrected chi connectivity index (χ4v) is 1.97. The molecule has 0 spiro atoms. The molecular weight excluding hydrogens is 264 g/mol. The van der Waals surface area contributed by atoms with E-state index in [1.807, 2.05) is 54.6 Å². The van der Waals surface area contributed by atoms with Crippen LogP contribution in [0.3, 0.4) is 0 Å². The number of nitrogens with zero attached hydrogens (tertiary/aromatic N) is 1. The van der Waals surface area contributed by atoms with Crippen LogP contribution in [0.5, 0.6) is 5.75 Å². The molecule has 0 unspecified atom stereocenters. The number of anilines is 1. The average molecular weight is 280 g/mol. The summed E-state index contributed by atoms with van der Waals surface area (Å²) in [5.74, 6) is 1.44. The minimum atomic E-state index is 0.546. The van der Waals surface area contributed by atoms with E-state index in [9.17, 15) is 0 Å². The molecule has 0 aliphatic heterocycles. The molecule has 0 amide bonds. The van der Waals surface area contributed by atoms with Crippen LogP contribution in [-0.2, 0) is 6.42 Å². The number of aromatic nitrogens is 1. The zero-order chi connectivity index (χ0) is 14.5. The molecule has 0 fully saturated rings. The number of hydrogen-bond donors (Lipinski definition) is 1. The second kappa shape index (κ2) is 6.13. The van der Waals surface area contributed by atoms with Gasteiger partial charge in [-0.25, -0.2) is 4.98 Å². The Hall–Kier alpha value is -2.75. The third kappa shape index (κ3) is 3.42. The van der Waals surface area contributed by atoms with Gasteiger partial charge in [-0.3, -0.25) is 0 Å². The molecule has 0 atom stereocenters. The van der Waals surface area contributed by atoms with Crippen LogP contribution in [0.25, 0.3) is 11.5 Å². The van der Waals surface area contributed by atoms with E-state index in [0.717, 1.165) is 22.7 Å². The second-order valence-corrected chi connectivity index (χ2v) is 4.68. The molecule has 0 aliphatic rings. The van der Waals surface area contributed by atoms with Crippen molar-refractivity contribution >= 4 is 5.69 Å². The van der Waals surface area contributed by atoms with Crippen LogP contribution >= 0.6 is 0 Å². The van der Waals surface area contributed by atoms with Crippen LogP contribution < -0.4 is 10.5 Å². The zero-order valence-corrected chi connectivity index (χ0v) is 11.5. The first-order chi connectivity index (χ1) is 10.3. The lowest BCUT2D eigenvalue weighted by Gasteiger charge is -2.04. The van der Waals surface area contributed by atoms with E-state index >= 15 is 0 Å². The highest BCUT2D eigenvalue weighted by atomic mass is 16.5. The van der Waals surface area contributed by atoms with Crippen molar-refractivity contribution in [2.24, 2.45) is 0 Å². The Morgan fingerprint density at radius 1 is 1.00 bits per heavy atom. The van der Waals surface area contributed by atoms with Gasteiger partial charge in [-0.15, -0.1) is 0 Å². The minimum Gasteiger partial charge on any atom is -0.493 e. The molecule has 106 valence electrons. The molecule has 21 heavy (non-hydrogen) atoms.